The van der Waals surface area contributed by atoms with Crippen LogP contribution in [0.15, 0.2) is 34.9 Å². The van der Waals surface area contributed by atoms with E-state index in [-0.39, 0.29) is 5.82 Å². The number of benzene rings is 1. The standard InChI is InChI=1S/C12H10FN3O/c1-16-11(14)6-10(15-16)9-5-8(13)4-7-2-3-17-12(7)9/h2-6H,14H2,1H3. The molecule has 0 aliphatic carbocycles. The third-order valence-corrected chi connectivity index (χ3v) is 2.71. The molecule has 0 radical (unpaired) electrons. The Balaban J connectivity index is 2.32. The summed E-state index contributed by atoms with van der Waals surface area (Å²) in [4.78, 5) is 0. The Bertz CT molecular complexity index is 679. The number of hydrogen-bond acceptors (Lipinski definition) is 3. The predicted molar refractivity (Wildman–Crippen MR) is 62.8 cm³/mol. The largest absolute Gasteiger partial charge is 0.464 e. The summed E-state index contributed by atoms with van der Waals surface area (Å²) in [7, 11) is 1.73. The fourth-order valence-electron chi connectivity index (χ4n) is 1.85. The van der Waals surface area contributed by atoms with E-state index in [0.717, 1.165) is 0 Å². The number of nitrogen functional groups attached to an aromatic ring is 1. The minimum atomic E-state index is -0.321. The van der Waals surface area contributed by atoms with Gasteiger partial charge in [0.25, 0.3) is 0 Å². The third-order valence-electron chi connectivity index (χ3n) is 2.71. The lowest BCUT2D eigenvalue weighted by atomic mass is 10.1. The van der Waals surface area contributed by atoms with Crippen molar-refractivity contribution in [1.29, 1.82) is 0 Å². The van der Waals surface area contributed by atoms with Crippen molar-refractivity contribution < 1.29 is 8.81 Å². The molecule has 4 nitrogen and oxygen atoms in total. The van der Waals surface area contributed by atoms with Gasteiger partial charge in [0, 0.05) is 24.1 Å². The smallest absolute Gasteiger partial charge is 0.143 e. The van der Waals surface area contributed by atoms with Crippen LogP contribution in [0.5, 0.6) is 0 Å². The highest BCUT2D eigenvalue weighted by atomic mass is 19.1. The molecule has 2 heterocycles. The maximum absolute atomic E-state index is 13.5. The minimum Gasteiger partial charge on any atom is -0.464 e. The molecule has 0 amide bonds. The topological polar surface area (TPSA) is 57.0 Å². The van der Waals surface area contributed by atoms with Gasteiger partial charge in [0.2, 0.25) is 0 Å². The molecular weight excluding hydrogens is 221 g/mol. The first-order valence-corrected chi connectivity index (χ1v) is 5.12. The van der Waals surface area contributed by atoms with E-state index < -0.39 is 0 Å². The quantitative estimate of drug-likeness (QED) is 0.700. The summed E-state index contributed by atoms with van der Waals surface area (Å²) in [5.41, 5.74) is 7.54. The van der Waals surface area contributed by atoms with Crippen LogP contribution in [0.1, 0.15) is 0 Å². The van der Waals surface area contributed by atoms with E-state index >= 15 is 0 Å². The van der Waals surface area contributed by atoms with E-state index in [1.54, 1.807) is 19.2 Å². The van der Waals surface area contributed by atoms with Crippen LogP contribution in [0, 0.1) is 5.82 Å². The van der Waals surface area contributed by atoms with Crippen LogP contribution in [-0.2, 0) is 7.05 Å². The molecule has 0 saturated heterocycles. The normalized spacial score (nSPS) is 11.2. The number of fused-ring (bicyclic) bond motifs is 1. The van der Waals surface area contributed by atoms with Crippen LogP contribution in [0.2, 0.25) is 0 Å². The molecule has 17 heavy (non-hydrogen) atoms. The molecule has 2 aromatic heterocycles. The zero-order chi connectivity index (χ0) is 12.0. The number of aryl methyl sites for hydroxylation is 1. The van der Waals surface area contributed by atoms with Crippen molar-refractivity contribution in [2.75, 3.05) is 5.73 Å². The van der Waals surface area contributed by atoms with E-state index in [0.29, 0.717) is 28.0 Å². The fourth-order valence-corrected chi connectivity index (χ4v) is 1.85. The molecule has 0 unspecified atom stereocenters. The van der Waals surface area contributed by atoms with Gasteiger partial charge < -0.3 is 10.2 Å². The maximum Gasteiger partial charge on any atom is 0.143 e. The van der Waals surface area contributed by atoms with E-state index in [2.05, 4.69) is 5.10 Å². The second-order valence-corrected chi connectivity index (χ2v) is 3.87. The summed E-state index contributed by atoms with van der Waals surface area (Å²) in [6.45, 7) is 0. The number of furan rings is 1. The van der Waals surface area contributed by atoms with Gasteiger partial charge in [0.05, 0.1) is 12.0 Å². The summed E-state index contributed by atoms with van der Waals surface area (Å²) in [5.74, 6) is 0.196. The molecule has 3 aromatic rings. The van der Waals surface area contributed by atoms with E-state index in [9.17, 15) is 4.39 Å². The predicted octanol–water partition coefficient (Wildman–Crippen LogP) is 2.55. The van der Waals surface area contributed by atoms with Crippen molar-refractivity contribution in [3.63, 3.8) is 0 Å². The number of nitrogens with two attached hydrogens (primary N) is 1. The van der Waals surface area contributed by atoms with Crippen LogP contribution in [0.25, 0.3) is 22.2 Å². The van der Waals surface area contributed by atoms with Crippen LogP contribution in [0.3, 0.4) is 0 Å². The SMILES string of the molecule is Cn1nc(-c2cc(F)cc3ccoc23)cc1N. The molecule has 0 spiro atoms. The Labute approximate surface area is 96.4 Å². The average molecular weight is 231 g/mol. The van der Waals surface area contributed by atoms with Gasteiger partial charge in [-0.2, -0.15) is 5.10 Å². The third kappa shape index (κ3) is 1.47. The highest BCUT2D eigenvalue weighted by Crippen LogP contribution is 2.30. The Morgan fingerprint density at radius 1 is 1.35 bits per heavy atom. The van der Waals surface area contributed by atoms with Gasteiger partial charge in [-0.1, -0.05) is 0 Å². The molecule has 0 aliphatic heterocycles. The Kier molecular flexibility index (Phi) is 1.95. The molecule has 2 N–H and O–H groups in total. The summed E-state index contributed by atoms with van der Waals surface area (Å²) in [5, 5.41) is 4.93. The molecule has 0 atom stereocenters. The molecular formula is C12H10FN3O. The zero-order valence-corrected chi connectivity index (χ0v) is 9.14. The average Bonchev–Trinajstić information content (AvgIpc) is 2.85. The van der Waals surface area contributed by atoms with Gasteiger partial charge in [0.15, 0.2) is 0 Å². The monoisotopic (exact) mass is 231 g/mol. The van der Waals surface area contributed by atoms with Crippen molar-refractivity contribution in [2.45, 2.75) is 0 Å². The first kappa shape index (κ1) is 9.89. The molecule has 0 fully saturated rings. The van der Waals surface area contributed by atoms with Gasteiger partial charge in [-0.15, -0.1) is 0 Å². The maximum atomic E-state index is 13.5. The second kappa shape index (κ2) is 3.35. The van der Waals surface area contributed by atoms with Crippen LogP contribution < -0.4 is 5.73 Å². The highest BCUT2D eigenvalue weighted by Gasteiger charge is 2.12. The first-order chi connectivity index (χ1) is 8.15. The number of aromatic nitrogens is 2. The number of rotatable bonds is 1. The molecule has 5 heteroatoms. The molecule has 0 saturated carbocycles. The molecule has 86 valence electrons. The second-order valence-electron chi connectivity index (χ2n) is 3.87. The van der Waals surface area contributed by atoms with Gasteiger partial charge in [0.1, 0.15) is 17.2 Å². The highest BCUT2D eigenvalue weighted by molar-refractivity contribution is 5.91. The van der Waals surface area contributed by atoms with E-state index in [4.69, 9.17) is 10.2 Å². The fraction of sp³-hybridized carbons (Fsp3) is 0.0833. The van der Waals surface area contributed by atoms with Crippen LogP contribution in [-0.4, -0.2) is 9.78 Å². The summed E-state index contributed by atoms with van der Waals surface area (Å²) < 4.78 is 20.3. The summed E-state index contributed by atoms with van der Waals surface area (Å²) in [6, 6.07) is 6.23. The molecule has 3 rings (SSSR count). The van der Waals surface area contributed by atoms with Crippen molar-refractivity contribution in [3.8, 4) is 11.3 Å². The lowest BCUT2D eigenvalue weighted by Gasteiger charge is -1.98. The van der Waals surface area contributed by atoms with Gasteiger partial charge in [-0.05, 0) is 18.2 Å². The number of hydrogen-bond donors (Lipinski definition) is 1. The number of halogens is 1. The zero-order valence-electron chi connectivity index (χ0n) is 9.14. The summed E-state index contributed by atoms with van der Waals surface area (Å²) in [6.07, 6.45) is 1.53. The lowest BCUT2D eigenvalue weighted by molar-refractivity contribution is 0.610. The Morgan fingerprint density at radius 3 is 2.88 bits per heavy atom. The van der Waals surface area contributed by atoms with E-state index in [1.165, 1.54) is 23.1 Å². The van der Waals surface area contributed by atoms with E-state index in [1.807, 2.05) is 0 Å². The summed E-state index contributed by atoms with van der Waals surface area (Å²) >= 11 is 0. The molecule has 0 bridgehead atoms. The molecule has 1 aromatic carbocycles. The van der Waals surface area contributed by atoms with Crippen molar-refractivity contribution in [1.82, 2.24) is 9.78 Å². The minimum absolute atomic E-state index is 0.321. The van der Waals surface area contributed by atoms with Crippen molar-refractivity contribution in [2.24, 2.45) is 7.05 Å². The molecule has 0 aliphatic rings. The Morgan fingerprint density at radius 2 is 2.18 bits per heavy atom. The van der Waals surface area contributed by atoms with Crippen molar-refractivity contribution in [3.05, 3.63) is 36.3 Å². The number of anilines is 1. The van der Waals surface area contributed by atoms with Crippen LogP contribution in [0.4, 0.5) is 10.2 Å². The van der Waals surface area contributed by atoms with Crippen LogP contribution >= 0.6 is 0 Å². The van der Waals surface area contributed by atoms with Gasteiger partial charge >= 0.3 is 0 Å². The lowest BCUT2D eigenvalue weighted by Crippen LogP contribution is -1.96. The Hall–Kier alpha value is -2.30. The van der Waals surface area contributed by atoms with Gasteiger partial charge in [-0.25, -0.2) is 4.39 Å². The van der Waals surface area contributed by atoms with Gasteiger partial charge in [-0.3, -0.25) is 4.68 Å². The van der Waals surface area contributed by atoms with Crippen molar-refractivity contribution >= 4 is 16.8 Å². The number of nitrogens with zero attached hydrogens (tertiary/aromatic N) is 2. The first-order valence-electron chi connectivity index (χ1n) is 5.12.